The van der Waals surface area contributed by atoms with Crippen molar-refractivity contribution in [2.24, 2.45) is 0 Å². The summed E-state index contributed by atoms with van der Waals surface area (Å²) in [6.07, 6.45) is 4.11. The molecule has 5 nitrogen and oxygen atoms in total. The Morgan fingerprint density at radius 1 is 1.42 bits per heavy atom. The Bertz CT molecular complexity index is 483. The number of nitrogens with one attached hydrogen (secondary N) is 1. The van der Waals surface area contributed by atoms with E-state index in [2.05, 4.69) is 32.9 Å². The van der Waals surface area contributed by atoms with Crippen LogP contribution < -0.4 is 5.32 Å². The van der Waals surface area contributed by atoms with Crippen molar-refractivity contribution in [3.05, 3.63) is 15.1 Å². The minimum Gasteiger partial charge on any atom is -0.378 e. The van der Waals surface area contributed by atoms with Gasteiger partial charge in [-0.3, -0.25) is 0 Å². The van der Waals surface area contributed by atoms with E-state index in [0.717, 1.165) is 33.7 Å². The van der Waals surface area contributed by atoms with E-state index in [9.17, 15) is 0 Å². The molecule has 0 radical (unpaired) electrons. The largest absolute Gasteiger partial charge is 0.378 e. The molecule has 2 fully saturated rings. The molecule has 104 valence electrons. The van der Waals surface area contributed by atoms with Gasteiger partial charge in [0, 0.05) is 20.1 Å². The minimum atomic E-state index is 0.310. The topological polar surface area (TPSA) is 56.3 Å². The normalized spacial score (nSPS) is 28.9. The number of anilines is 1. The number of hydrogen-bond donors (Lipinski definition) is 1. The first-order valence-electron chi connectivity index (χ1n) is 6.61. The standard InChI is InChI=1S/C13H18IN3O2/c1-15-13-11(14)9(6-18-2)16-12(17-13)8-5-7-3-4-10(8)19-7/h7-8,10H,3-6H2,1-2H3,(H,15,16,17). The molecule has 19 heavy (non-hydrogen) atoms. The van der Waals surface area contributed by atoms with Crippen LogP contribution in [-0.4, -0.2) is 36.3 Å². The van der Waals surface area contributed by atoms with E-state index in [1.807, 2.05) is 7.05 Å². The molecule has 6 heteroatoms. The highest BCUT2D eigenvalue weighted by Crippen LogP contribution is 2.43. The number of ether oxygens (including phenoxy) is 2. The molecule has 2 aliphatic rings. The third-order valence-electron chi connectivity index (χ3n) is 3.89. The quantitative estimate of drug-likeness (QED) is 0.819. The molecule has 3 unspecified atom stereocenters. The van der Waals surface area contributed by atoms with Gasteiger partial charge in [0.25, 0.3) is 0 Å². The third-order valence-corrected chi connectivity index (χ3v) is 5.03. The van der Waals surface area contributed by atoms with Gasteiger partial charge in [0.1, 0.15) is 11.6 Å². The van der Waals surface area contributed by atoms with Crippen LogP contribution in [-0.2, 0) is 16.1 Å². The molecule has 1 N–H and O–H groups in total. The van der Waals surface area contributed by atoms with Crippen LogP contribution >= 0.6 is 22.6 Å². The second-order valence-electron chi connectivity index (χ2n) is 5.09. The summed E-state index contributed by atoms with van der Waals surface area (Å²) in [6.45, 7) is 0.518. The maximum atomic E-state index is 5.91. The van der Waals surface area contributed by atoms with E-state index in [-0.39, 0.29) is 0 Å². The SMILES string of the molecule is CNc1nc(C2CC3CCC2O3)nc(COC)c1I. The van der Waals surface area contributed by atoms with Gasteiger partial charge in [0.2, 0.25) is 0 Å². The van der Waals surface area contributed by atoms with Crippen molar-refractivity contribution < 1.29 is 9.47 Å². The number of halogens is 1. The number of rotatable bonds is 4. The van der Waals surface area contributed by atoms with Crippen LogP contribution in [0.2, 0.25) is 0 Å². The van der Waals surface area contributed by atoms with E-state index >= 15 is 0 Å². The van der Waals surface area contributed by atoms with Gasteiger partial charge in [-0.2, -0.15) is 0 Å². The summed E-state index contributed by atoms with van der Waals surface area (Å²) in [5, 5.41) is 3.15. The van der Waals surface area contributed by atoms with Crippen molar-refractivity contribution >= 4 is 28.4 Å². The van der Waals surface area contributed by atoms with Crippen molar-refractivity contribution in [3.8, 4) is 0 Å². The van der Waals surface area contributed by atoms with Crippen molar-refractivity contribution in [2.45, 2.75) is 44.0 Å². The maximum absolute atomic E-state index is 5.91. The number of fused-ring (bicyclic) bond motifs is 2. The lowest BCUT2D eigenvalue weighted by Crippen LogP contribution is -2.19. The first-order valence-corrected chi connectivity index (χ1v) is 7.69. The zero-order valence-corrected chi connectivity index (χ0v) is 13.3. The molecule has 3 atom stereocenters. The molecule has 1 aromatic rings. The summed E-state index contributed by atoms with van der Waals surface area (Å²) in [4.78, 5) is 9.38. The number of hydrogen-bond acceptors (Lipinski definition) is 5. The van der Waals surface area contributed by atoms with Crippen molar-refractivity contribution in [3.63, 3.8) is 0 Å². The second-order valence-corrected chi connectivity index (χ2v) is 6.17. The summed E-state index contributed by atoms with van der Waals surface area (Å²) in [5.74, 6) is 2.14. The van der Waals surface area contributed by atoms with E-state index < -0.39 is 0 Å². The number of aromatic nitrogens is 2. The fourth-order valence-electron chi connectivity index (χ4n) is 2.99. The van der Waals surface area contributed by atoms with Crippen LogP contribution in [0, 0.1) is 3.57 Å². The lowest BCUT2D eigenvalue weighted by Gasteiger charge is -2.19. The van der Waals surface area contributed by atoms with Gasteiger partial charge >= 0.3 is 0 Å². The summed E-state index contributed by atoms with van der Waals surface area (Å²) in [5.41, 5.74) is 0.959. The van der Waals surface area contributed by atoms with Crippen molar-refractivity contribution in [1.29, 1.82) is 0 Å². The first kappa shape index (κ1) is 13.5. The highest BCUT2D eigenvalue weighted by molar-refractivity contribution is 14.1. The highest BCUT2D eigenvalue weighted by Gasteiger charge is 2.43. The van der Waals surface area contributed by atoms with Crippen LogP contribution in [0.5, 0.6) is 0 Å². The lowest BCUT2D eigenvalue weighted by molar-refractivity contribution is 0.0998. The van der Waals surface area contributed by atoms with Crippen molar-refractivity contribution in [1.82, 2.24) is 9.97 Å². The predicted molar refractivity (Wildman–Crippen MR) is 80.3 cm³/mol. The molecule has 1 aromatic heterocycles. The molecule has 2 saturated heterocycles. The monoisotopic (exact) mass is 375 g/mol. The van der Waals surface area contributed by atoms with Gasteiger partial charge in [0.05, 0.1) is 28.1 Å². The molecule has 0 aromatic carbocycles. The molecule has 3 rings (SSSR count). The second kappa shape index (κ2) is 5.49. The van der Waals surface area contributed by atoms with E-state index in [1.165, 1.54) is 6.42 Å². The zero-order valence-electron chi connectivity index (χ0n) is 11.1. The minimum absolute atomic E-state index is 0.310. The summed E-state index contributed by atoms with van der Waals surface area (Å²) >= 11 is 2.27. The number of methoxy groups -OCH3 is 1. The average molecular weight is 375 g/mol. The lowest BCUT2D eigenvalue weighted by atomic mass is 9.88. The predicted octanol–water partition coefficient (Wildman–Crippen LogP) is 2.30. The molecule has 0 aliphatic carbocycles. The zero-order chi connectivity index (χ0) is 13.4. The summed E-state index contributed by atoms with van der Waals surface area (Å²) in [7, 11) is 3.58. The Hall–Kier alpha value is -0.470. The van der Waals surface area contributed by atoms with Crippen LogP contribution in [0.4, 0.5) is 5.82 Å². The van der Waals surface area contributed by atoms with Crippen LogP contribution in [0.15, 0.2) is 0 Å². The van der Waals surface area contributed by atoms with Gasteiger partial charge in [-0.1, -0.05) is 0 Å². The van der Waals surface area contributed by atoms with Crippen molar-refractivity contribution in [2.75, 3.05) is 19.5 Å². The Labute approximate surface area is 126 Å². The van der Waals surface area contributed by atoms with Gasteiger partial charge in [-0.05, 0) is 41.9 Å². The molecular formula is C13H18IN3O2. The average Bonchev–Trinajstić information content (AvgIpc) is 3.03. The molecular weight excluding hydrogens is 357 g/mol. The molecule has 2 bridgehead atoms. The Morgan fingerprint density at radius 3 is 2.84 bits per heavy atom. The molecule has 2 aliphatic heterocycles. The summed E-state index contributed by atoms with van der Waals surface area (Å²) < 4.78 is 12.2. The van der Waals surface area contributed by atoms with E-state index in [1.54, 1.807) is 7.11 Å². The molecule has 0 saturated carbocycles. The van der Waals surface area contributed by atoms with Crippen LogP contribution in [0.3, 0.4) is 0 Å². The summed E-state index contributed by atoms with van der Waals surface area (Å²) in [6, 6.07) is 0. The van der Waals surface area contributed by atoms with E-state index in [4.69, 9.17) is 14.5 Å². The Kier molecular flexibility index (Phi) is 3.91. The smallest absolute Gasteiger partial charge is 0.143 e. The molecule has 0 amide bonds. The molecule has 0 spiro atoms. The van der Waals surface area contributed by atoms with Gasteiger partial charge < -0.3 is 14.8 Å². The van der Waals surface area contributed by atoms with Gasteiger partial charge in [-0.25, -0.2) is 9.97 Å². The Balaban J connectivity index is 1.94. The molecule has 3 heterocycles. The fourth-order valence-corrected chi connectivity index (χ4v) is 3.65. The van der Waals surface area contributed by atoms with Gasteiger partial charge in [0.15, 0.2) is 0 Å². The van der Waals surface area contributed by atoms with Crippen LogP contribution in [0.1, 0.15) is 36.7 Å². The van der Waals surface area contributed by atoms with Gasteiger partial charge in [-0.15, -0.1) is 0 Å². The fraction of sp³-hybridized carbons (Fsp3) is 0.692. The van der Waals surface area contributed by atoms with E-state index in [0.29, 0.717) is 24.7 Å². The third kappa shape index (κ3) is 2.45. The van der Waals surface area contributed by atoms with Crippen LogP contribution in [0.25, 0.3) is 0 Å². The first-order chi connectivity index (χ1) is 9.22. The Morgan fingerprint density at radius 2 is 2.26 bits per heavy atom. The highest BCUT2D eigenvalue weighted by atomic mass is 127. The maximum Gasteiger partial charge on any atom is 0.143 e. The number of nitrogens with zero attached hydrogens (tertiary/aromatic N) is 2.